The molecule has 6 nitrogen and oxygen atoms in total. The number of esters is 1. The Labute approximate surface area is 107 Å². The molecular formula is C10H14BrNO5. The van der Waals surface area contributed by atoms with Gasteiger partial charge >= 0.3 is 12.0 Å². The summed E-state index contributed by atoms with van der Waals surface area (Å²) in [5.74, 6) is -1.57. The smallest absolute Gasteiger partial charge is 0.382 e. The second-order valence-electron chi connectivity index (χ2n) is 3.91. The highest BCUT2D eigenvalue weighted by Crippen LogP contribution is 2.31. The number of carbonyl (C=O) groups excluding carboxylic acids is 2. The van der Waals surface area contributed by atoms with Crippen molar-refractivity contribution in [1.82, 2.24) is 0 Å². The lowest BCUT2D eigenvalue weighted by Gasteiger charge is -2.27. The minimum Gasteiger partial charge on any atom is -0.461 e. The van der Waals surface area contributed by atoms with Gasteiger partial charge in [-0.25, -0.2) is 4.79 Å². The van der Waals surface area contributed by atoms with E-state index in [9.17, 15) is 19.7 Å². The van der Waals surface area contributed by atoms with Crippen LogP contribution >= 0.6 is 15.9 Å². The van der Waals surface area contributed by atoms with Gasteiger partial charge in [0, 0.05) is 11.3 Å². The summed E-state index contributed by atoms with van der Waals surface area (Å²) in [5.41, 5.74) is 0. The Hall–Kier alpha value is -0.980. The molecule has 0 saturated heterocycles. The summed E-state index contributed by atoms with van der Waals surface area (Å²) >= 11 is 3.15. The Kier molecular flexibility index (Phi) is 5.04. The monoisotopic (exact) mass is 307 g/mol. The first-order valence-corrected chi connectivity index (χ1v) is 6.37. The van der Waals surface area contributed by atoms with Crippen LogP contribution in [0.3, 0.4) is 0 Å². The predicted octanol–water partition coefficient (Wildman–Crippen LogP) is 1.33. The molecule has 0 aromatic rings. The van der Waals surface area contributed by atoms with Crippen molar-refractivity contribution in [3.63, 3.8) is 0 Å². The molecule has 96 valence electrons. The van der Waals surface area contributed by atoms with Crippen LogP contribution in [0.2, 0.25) is 0 Å². The molecular weight excluding hydrogens is 294 g/mol. The number of rotatable bonds is 4. The van der Waals surface area contributed by atoms with Crippen molar-refractivity contribution in [1.29, 1.82) is 0 Å². The summed E-state index contributed by atoms with van der Waals surface area (Å²) in [6.45, 7) is 1.68. The molecule has 1 aliphatic carbocycles. The fourth-order valence-electron chi connectivity index (χ4n) is 2.00. The van der Waals surface area contributed by atoms with Gasteiger partial charge in [-0.3, -0.25) is 14.9 Å². The third kappa shape index (κ3) is 3.24. The van der Waals surface area contributed by atoms with Crippen LogP contribution < -0.4 is 0 Å². The number of nitro groups is 1. The molecule has 0 bridgehead atoms. The number of ketones is 1. The first-order chi connectivity index (χ1) is 7.99. The van der Waals surface area contributed by atoms with Crippen molar-refractivity contribution in [2.45, 2.75) is 37.1 Å². The topological polar surface area (TPSA) is 86.5 Å². The summed E-state index contributed by atoms with van der Waals surface area (Å²) in [6.07, 6.45) is 1.46. The Morgan fingerprint density at radius 2 is 2.35 bits per heavy atom. The quantitative estimate of drug-likeness (QED) is 0.338. The van der Waals surface area contributed by atoms with Crippen molar-refractivity contribution in [2.75, 3.05) is 6.61 Å². The summed E-state index contributed by atoms with van der Waals surface area (Å²) in [7, 11) is 0. The fraction of sp³-hybridized carbons (Fsp3) is 0.800. The number of halogens is 1. The van der Waals surface area contributed by atoms with Gasteiger partial charge in [-0.05, 0) is 19.8 Å². The number of nitrogens with zero attached hydrogens (tertiary/aromatic N) is 1. The van der Waals surface area contributed by atoms with Gasteiger partial charge in [-0.15, -0.1) is 0 Å². The predicted molar refractivity (Wildman–Crippen MR) is 62.5 cm³/mol. The van der Waals surface area contributed by atoms with Crippen LogP contribution in [0.4, 0.5) is 0 Å². The largest absolute Gasteiger partial charge is 0.461 e. The third-order valence-electron chi connectivity index (χ3n) is 2.80. The zero-order valence-corrected chi connectivity index (χ0v) is 11.0. The molecule has 1 fully saturated rings. The van der Waals surface area contributed by atoms with Gasteiger partial charge in [0.1, 0.15) is 5.78 Å². The minimum absolute atomic E-state index is 0.0857. The van der Waals surface area contributed by atoms with Crippen LogP contribution in [0.15, 0.2) is 0 Å². The molecule has 3 unspecified atom stereocenters. The molecule has 0 aliphatic heterocycles. The maximum absolute atomic E-state index is 11.5. The molecule has 0 aromatic heterocycles. The average molecular weight is 308 g/mol. The van der Waals surface area contributed by atoms with Crippen molar-refractivity contribution in [2.24, 2.45) is 5.92 Å². The lowest BCUT2D eigenvalue weighted by molar-refractivity contribution is -0.519. The van der Waals surface area contributed by atoms with Crippen molar-refractivity contribution < 1.29 is 19.2 Å². The first kappa shape index (κ1) is 14.1. The Bertz CT molecular complexity index is 333. The molecule has 0 aromatic carbocycles. The van der Waals surface area contributed by atoms with Crippen LogP contribution in [-0.4, -0.2) is 34.2 Å². The van der Waals surface area contributed by atoms with Gasteiger partial charge in [0.15, 0.2) is 0 Å². The number of Topliss-reactive ketones (excluding diaryl/α,β-unsaturated/α-hetero) is 1. The van der Waals surface area contributed by atoms with E-state index in [1.165, 1.54) is 0 Å². The molecule has 1 rings (SSSR count). The molecule has 0 radical (unpaired) electrons. The van der Waals surface area contributed by atoms with E-state index in [1.807, 2.05) is 0 Å². The fourth-order valence-corrected chi connectivity index (χ4v) is 2.78. The lowest BCUT2D eigenvalue weighted by atomic mass is 9.83. The highest BCUT2D eigenvalue weighted by atomic mass is 79.9. The van der Waals surface area contributed by atoms with Gasteiger partial charge in [0.05, 0.1) is 17.4 Å². The number of ether oxygens (including phenoxy) is 1. The minimum atomic E-state index is -1.46. The Balaban J connectivity index is 2.86. The van der Waals surface area contributed by atoms with Gasteiger partial charge < -0.3 is 4.74 Å². The van der Waals surface area contributed by atoms with Gasteiger partial charge in [-0.1, -0.05) is 15.9 Å². The maximum Gasteiger partial charge on any atom is 0.382 e. The van der Waals surface area contributed by atoms with Gasteiger partial charge in [0.2, 0.25) is 0 Å². The van der Waals surface area contributed by atoms with Crippen LogP contribution in [0.5, 0.6) is 0 Å². The molecule has 17 heavy (non-hydrogen) atoms. The Morgan fingerprint density at radius 3 is 2.88 bits per heavy atom. The second-order valence-corrected chi connectivity index (χ2v) is 4.89. The van der Waals surface area contributed by atoms with Gasteiger partial charge in [-0.2, -0.15) is 0 Å². The van der Waals surface area contributed by atoms with Crippen molar-refractivity contribution in [3.05, 3.63) is 10.1 Å². The van der Waals surface area contributed by atoms with Crippen LogP contribution in [0, 0.1) is 16.0 Å². The maximum atomic E-state index is 11.5. The zero-order chi connectivity index (χ0) is 13.0. The molecule has 3 atom stereocenters. The standard InChI is InChI=1S/C10H14BrNO5/c1-2-17-10(14)9(12(15)16)6-4-3-5-7(13)8(6)11/h6,8-9H,2-5H2,1H3. The SMILES string of the molecule is CCOC(=O)C(C1CCCC(=O)C1Br)[N+](=O)[O-]. The van der Waals surface area contributed by atoms with Crippen LogP contribution in [-0.2, 0) is 14.3 Å². The number of hydrogen-bond acceptors (Lipinski definition) is 5. The van der Waals surface area contributed by atoms with Crippen LogP contribution in [0.1, 0.15) is 26.2 Å². The number of hydrogen-bond donors (Lipinski definition) is 0. The molecule has 0 heterocycles. The van der Waals surface area contributed by atoms with E-state index in [0.29, 0.717) is 19.3 Å². The zero-order valence-electron chi connectivity index (χ0n) is 9.43. The highest BCUT2D eigenvalue weighted by molar-refractivity contribution is 9.10. The van der Waals surface area contributed by atoms with E-state index in [0.717, 1.165) is 0 Å². The molecule has 7 heteroatoms. The molecule has 0 spiro atoms. The summed E-state index contributed by atoms with van der Waals surface area (Å²) in [5, 5.41) is 10.9. The van der Waals surface area contributed by atoms with E-state index < -0.39 is 27.7 Å². The van der Waals surface area contributed by atoms with E-state index in [-0.39, 0.29) is 12.4 Å². The molecule has 0 amide bonds. The normalized spacial score (nSPS) is 26.4. The highest BCUT2D eigenvalue weighted by Gasteiger charge is 2.46. The molecule has 1 saturated carbocycles. The third-order valence-corrected chi connectivity index (χ3v) is 3.99. The van der Waals surface area contributed by atoms with E-state index in [1.54, 1.807) is 6.92 Å². The Morgan fingerprint density at radius 1 is 1.71 bits per heavy atom. The van der Waals surface area contributed by atoms with Crippen LogP contribution in [0.25, 0.3) is 0 Å². The number of alkyl halides is 1. The lowest BCUT2D eigenvalue weighted by Crippen LogP contribution is -2.46. The van der Waals surface area contributed by atoms with Gasteiger partial charge in [0.25, 0.3) is 0 Å². The molecule has 0 N–H and O–H groups in total. The van der Waals surface area contributed by atoms with E-state index in [4.69, 9.17) is 0 Å². The summed E-state index contributed by atoms with van der Waals surface area (Å²) in [6, 6.07) is -1.46. The average Bonchev–Trinajstić information content (AvgIpc) is 2.24. The first-order valence-electron chi connectivity index (χ1n) is 5.46. The van der Waals surface area contributed by atoms with Crippen molar-refractivity contribution in [3.8, 4) is 0 Å². The molecule has 1 aliphatic rings. The van der Waals surface area contributed by atoms with E-state index in [2.05, 4.69) is 20.7 Å². The van der Waals surface area contributed by atoms with E-state index >= 15 is 0 Å². The summed E-state index contributed by atoms with van der Waals surface area (Å²) < 4.78 is 4.69. The summed E-state index contributed by atoms with van der Waals surface area (Å²) in [4.78, 5) is 32.7. The van der Waals surface area contributed by atoms with Crippen molar-refractivity contribution >= 4 is 27.7 Å². The second kappa shape index (κ2) is 6.09. The number of carbonyl (C=O) groups is 2.